The van der Waals surface area contributed by atoms with E-state index in [1.165, 1.54) is 0 Å². The van der Waals surface area contributed by atoms with Gasteiger partial charge in [-0.05, 0) is 13.0 Å². The van der Waals surface area contributed by atoms with Crippen LogP contribution in [0.1, 0.15) is 5.69 Å². The number of rotatable bonds is 2. The number of aromatic nitrogens is 3. The molecule has 1 saturated heterocycles. The average Bonchev–Trinajstić information content (AvgIpc) is 2.72. The van der Waals surface area contributed by atoms with E-state index < -0.39 is 0 Å². The molecule has 0 aromatic carbocycles. The van der Waals surface area contributed by atoms with Gasteiger partial charge in [-0.15, -0.1) is 0 Å². The lowest BCUT2D eigenvalue weighted by Crippen LogP contribution is -2.40. The first kappa shape index (κ1) is 10.5. The highest BCUT2D eigenvalue weighted by Crippen LogP contribution is 2.15. The Morgan fingerprint density at radius 3 is 3.00 bits per heavy atom. The number of hydrogen-bond donors (Lipinski definition) is 1. The Bertz CT molecular complexity index is 518. The van der Waals surface area contributed by atoms with E-state index in [9.17, 15) is 0 Å². The molecule has 0 spiro atoms. The minimum Gasteiger partial charge on any atom is -0.379 e. The molecule has 2 aromatic heterocycles. The summed E-state index contributed by atoms with van der Waals surface area (Å²) in [5.74, 6) is 0.843. The maximum atomic E-state index is 5.31. The summed E-state index contributed by atoms with van der Waals surface area (Å²) < 4.78 is 7.15. The van der Waals surface area contributed by atoms with E-state index in [0.29, 0.717) is 0 Å². The molecule has 6 heteroatoms. The molecule has 0 amide bonds. The normalized spacial score (nSPS) is 17.5. The molecule has 0 atom stereocenters. The van der Waals surface area contributed by atoms with Crippen molar-refractivity contribution in [1.29, 1.82) is 0 Å². The predicted octanol–water partition coefficient (Wildman–Crippen LogP) is 0.697. The van der Waals surface area contributed by atoms with E-state index >= 15 is 0 Å². The minimum atomic E-state index is 0.758. The molecule has 3 rings (SSSR count). The van der Waals surface area contributed by atoms with E-state index in [1.54, 1.807) is 6.20 Å². The second-order valence-electron chi connectivity index (χ2n) is 4.10. The number of nitrogens with one attached hydrogen (secondary N) is 1. The average molecular weight is 233 g/mol. The first-order valence-corrected chi connectivity index (χ1v) is 5.73. The van der Waals surface area contributed by atoms with Gasteiger partial charge in [0.1, 0.15) is 5.52 Å². The summed E-state index contributed by atoms with van der Waals surface area (Å²) in [4.78, 5) is 4.36. The lowest BCUT2D eigenvalue weighted by Gasteiger charge is -2.27. The van der Waals surface area contributed by atoms with Crippen molar-refractivity contribution in [2.24, 2.45) is 0 Å². The molecule has 0 unspecified atom stereocenters. The van der Waals surface area contributed by atoms with Gasteiger partial charge in [0.05, 0.1) is 18.9 Å². The maximum absolute atomic E-state index is 5.31. The van der Waals surface area contributed by atoms with Crippen molar-refractivity contribution < 1.29 is 4.74 Å². The number of aryl methyl sites for hydroxylation is 1. The Morgan fingerprint density at radius 2 is 2.18 bits per heavy atom. The minimum absolute atomic E-state index is 0.758. The van der Waals surface area contributed by atoms with Crippen molar-refractivity contribution in [3.63, 3.8) is 0 Å². The Morgan fingerprint density at radius 1 is 1.35 bits per heavy atom. The second kappa shape index (κ2) is 4.31. The smallest absolute Gasteiger partial charge is 0.166 e. The third kappa shape index (κ3) is 2.09. The van der Waals surface area contributed by atoms with Crippen LogP contribution < -0.4 is 5.43 Å². The summed E-state index contributed by atoms with van der Waals surface area (Å²) in [6, 6.07) is 2.02. The standard InChI is InChI=1S/C11H15N5O/c1-9-8-10-11(12-2-3-16(10)13-9)14-15-4-6-17-7-5-15/h2-3,8H,4-7H2,1H3,(H,12,14). The van der Waals surface area contributed by atoms with Crippen LogP contribution in [0.2, 0.25) is 0 Å². The van der Waals surface area contributed by atoms with Crippen LogP contribution in [-0.4, -0.2) is 45.9 Å². The summed E-state index contributed by atoms with van der Waals surface area (Å²) in [6.45, 7) is 5.24. The van der Waals surface area contributed by atoms with Crippen molar-refractivity contribution >= 4 is 11.3 Å². The molecule has 17 heavy (non-hydrogen) atoms. The van der Waals surface area contributed by atoms with Crippen LogP contribution >= 0.6 is 0 Å². The van der Waals surface area contributed by atoms with Crippen molar-refractivity contribution in [3.8, 4) is 0 Å². The highest BCUT2D eigenvalue weighted by atomic mass is 16.5. The third-order valence-electron chi connectivity index (χ3n) is 2.79. The molecule has 3 heterocycles. The van der Waals surface area contributed by atoms with Gasteiger partial charge in [0.2, 0.25) is 0 Å². The van der Waals surface area contributed by atoms with Gasteiger partial charge in [0, 0.05) is 25.5 Å². The molecule has 0 saturated carbocycles. The van der Waals surface area contributed by atoms with Gasteiger partial charge in [0.15, 0.2) is 5.82 Å². The van der Waals surface area contributed by atoms with Crippen LogP contribution in [0, 0.1) is 6.92 Å². The van der Waals surface area contributed by atoms with Gasteiger partial charge < -0.3 is 10.2 Å². The number of nitrogens with zero attached hydrogens (tertiary/aromatic N) is 4. The Hall–Kier alpha value is -1.66. The molecule has 0 radical (unpaired) electrons. The number of ether oxygens (including phenoxy) is 1. The zero-order valence-corrected chi connectivity index (χ0v) is 9.76. The molecule has 0 aliphatic carbocycles. The van der Waals surface area contributed by atoms with Crippen molar-refractivity contribution in [2.75, 3.05) is 31.7 Å². The Balaban J connectivity index is 1.88. The summed E-state index contributed by atoms with van der Waals surface area (Å²) in [5, 5.41) is 6.48. The van der Waals surface area contributed by atoms with E-state index in [-0.39, 0.29) is 0 Å². The Labute approximate surface area is 99.2 Å². The summed E-state index contributed by atoms with van der Waals surface area (Å²) in [6.07, 6.45) is 3.61. The highest BCUT2D eigenvalue weighted by Gasteiger charge is 2.12. The predicted molar refractivity (Wildman–Crippen MR) is 63.7 cm³/mol. The maximum Gasteiger partial charge on any atom is 0.166 e. The van der Waals surface area contributed by atoms with E-state index in [0.717, 1.165) is 43.3 Å². The second-order valence-corrected chi connectivity index (χ2v) is 4.10. The fraction of sp³-hybridized carbons (Fsp3) is 0.455. The largest absolute Gasteiger partial charge is 0.379 e. The molecular weight excluding hydrogens is 218 g/mol. The van der Waals surface area contributed by atoms with Gasteiger partial charge in [-0.3, -0.25) is 0 Å². The van der Waals surface area contributed by atoms with Crippen LogP contribution in [0.3, 0.4) is 0 Å². The number of hydrogen-bond acceptors (Lipinski definition) is 5. The molecule has 1 fully saturated rings. The van der Waals surface area contributed by atoms with Gasteiger partial charge >= 0.3 is 0 Å². The van der Waals surface area contributed by atoms with Crippen LogP contribution in [0.5, 0.6) is 0 Å². The molecule has 1 N–H and O–H groups in total. The summed E-state index contributed by atoms with van der Waals surface area (Å²) >= 11 is 0. The fourth-order valence-electron chi connectivity index (χ4n) is 1.96. The fourth-order valence-corrected chi connectivity index (χ4v) is 1.96. The number of hydrazine groups is 1. The van der Waals surface area contributed by atoms with Crippen LogP contribution in [0.25, 0.3) is 5.52 Å². The van der Waals surface area contributed by atoms with Gasteiger partial charge in [-0.1, -0.05) is 0 Å². The molecule has 0 bridgehead atoms. The lowest BCUT2D eigenvalue weighted by atomic mass is 10.4. The van der Waals surface area contributed by atoms with Gasteiger partial charge in [-0.25, -0.2) is 14.5 Å². The molecule has 1 aliphatic rings. The SMILES string of the molecule is Cc1cc2c(NN3CCOCC3)nccn2n1. The number of morpholine rings is 1. The van der Waals surface area contributed by atoms with Crippen molar-refractivity contribution in [3.05, 3.63) is 24.2 Å². The monoisotopic (exact) mass is 233 g/mol. The van der Waals surface area contributed by atoms with Crippen molar-refractivity contribution in [1.82, 2.24) is 19.6 Å². The van der Waals surface area contributed by atoms with E-state index in [1.807, 2.05) is 23.7 Å². The third-order valence-corrected chi connectivity index (χ3v) is 2.79. The van der Waals surface area contributed by atoms with Gasteiger partial charge in [0.25, 0.3) is 0 Å². The molecule has 2 aromatic rings. The van der Waals surface area contributed by atoms with E-state index in [2.05, 4.69) is 20.5 Å². The van der Waals surface area contributed by atoms with Crippen LogP contribution in [0.4, 0.5) is 5.82 Å². The molecule has 1 aliphatic heterocycles. The summed E-state index contributed by atoms with van der Waals surface area (Å²) in [7, 11) is 0. The topological polar surface area (TPSA) is 54.7 Å². The van der Waals surface area contributed by atoms with E-state index in [4.69, 9.17) is 4.74 Å². The quantitative estimate of drug-likeness (QED) is 0.827. The molecule has 6 nitrogen and oxygen atoms in total. The van der Waals surface area contributed by atoms with Crippen LogP contribution in [0.15, 0.2) is 18.5 Å². The lowest BCUT2D eigenvalue weighted by molar-refractivity contribution is 0.0495. The summed E-state index contributed by atoms with van der Waals surface area (Å²) in [5.41, 5.74) is 5.30. The molecular formula is C11H15N5O. The number of anilines is 1. The first-order valence-electron chi connectivity index (χ1n) is 5.73. The van der Waals surface area contributed by atoms with Crippen LogP contribution in [-0.2, 0) is 4.74 Å². The zero-order chi connectivity index (χ0) is 11.7. The Kier molecular flexibility index (Phi) is 2.66. The zero-order valence-electron chi connectivity index (χ0n) is 9.76. The number of fused-ring (bicyclic) bond motifs is 1. The highest BCUT2D eigenvalue weighted by molar-refractivity contribution is 5.67. The van der Waals surface area contributed by atoms with Gasteiger partial charge in [-0.2, -0.15) is 5.10 Å². The first-order chi connectivity index (χ1) is 8.33. The van der Waals surface area contributed by atoms with Crippen molar-refractivity contribution in [2.45, 2.75) is 6.92 Å². The molecule has 90 valence electrons.